The predicted octanol–water partition coefficient (Wildman–Crippen LogP) is 2.72. The number of aromatic nitrogens is 4. The van der Waals surface area contributed by atoms with Gasteiger partial charge in [0.1, 0.15) is 11.3 Å². The SMILES string of the molecule is Nc1nccc2ccc(-c3cccc(C#C[C@@]4(O)CCn5ccnc54)c3)nc12. The van der Waals surface area contributed by atoms with E-state index < -0.39 is 5.60 Å². The van der Waals surface area contributed by atoms with Gasteiger partial charge in [-0.15, -0.1) is 0 Å². The van der Waals surface area contributed by atoms with E-state index in [0.717, 1.165) is 28.8 Å². The van der Waals surface area contributed by atoms with Crippen molar-refractivity contribution in [1.29, 1.82) is 0 Å². The first-order valence-electron chi connectivity index (χ1n) is 9.01. The molecular formula is C22H17N5O. The van der Waals surface area contributed by atoms with Gasteiger partial charge in [-0.25, -0.2) is 15.0 Å². The van der Waals surface area contributed by atoms with Crippen molar-refractivity contribution in [2.24, 2.45) is 0 Å². The maximum Gasteiger partial charge on any atom is 0.185 e. The van der Waals surface area contributed by atoms with E-state index in [4.69, 9.17) is 5.73 Å². The number of imidazole rings is 1. The smallest absolute Gasteiger partial charge is 0.185 e. The summed E-state index contributed by atoms with van der Waals surface area (Å²) in [6, 6.07) is 13.6. The van der Waals surface area contributed by atoms with Gasteiger partial charge in [0, 0.05) is 48.1 Å². The summed E-state index contributed by atoms with van der Waals surface area (Å²) in [5.74, 6) is 7.12. The van der Waals surface area contributed by atoms with E-state index in [1.54, 1.807) is 12.4 Å². The molecule has 0 spiro atoms. The Kier molecular flexibility index (Phi) is 3.64. The van der Waals surface area contributed by atoms with Crippen molar-refractivity contribution in [2.45, 2.75) is 18.6 Å². The highest BCUT2D eigenvalue weighted by Crippen LogP contribution is 2.30. The lowest BCUT2D eigenvalue weighted by molar-refractivity contribution is 0.0980. The quantitative estimate of drug-likeness (QED) is 0.505. The summed E-state index contributed by atoms with van der Waals surface area (Å²) in [5.41, 5.74) is 7.97. The van der Waals surface area contributed by atoms with Gasteiger partial charge >= 0.3 is 0 Å². The minimum Gasteiger partial charge on any atom is -0.382 e. The number of aryl methyl sites for hydroxylation is 1. The van der Waals surface area contributed by atoms with Crippen molar-refractivity contribution in [3.63, 3.8) is 0 Å². The molecule has 1 aliphatic rings. The molecule has 4 aromatic rings. The fourth-order valence-corrected chi connectivity index (χ4v) is 3.53. The standard InChI is InChI=1S/C22H17N5O/c23-20-19-16(7-10-24-20)4-5-18(26-19)17-3-1-2-15(14-17)6-8-22(28)9-12-27-13-11-25-21(22)27/h1-5,7,10-11,13-14,28H,9,12H2,(H2,23,24)/t22-/m1/s1. The van der Waals surface area contributed by atoms with E-state index in [1.807, 2.05) is 53.2 Å². The molecule has 6 nitrogen and oxygen atoms in total. The van der Waals surface area contributed by atoms with Crippen molar-refractivity contribution in [3.05, 3.63) is 72.4 Å². The van der Waals surface area contributed by atoms with Crippen LogP contribution in [0.25, 0.3) is 22.2 Å². The summed E-state index contributed by atoms with van der Waals surface area (Å²) < 4.78 is 1.93. The second-order valence-electron chi connectivity index (χ2n) is 6.85. The summed E-state index contributed by atoms with van der Waals surface area (Å²) in [6.07, 6.45) is 5.77. The van der Waals surface area contributed by atoms with Crippen LogP contribution >= 0.6 is 0 Å². The predicted molar refractivity (Wildman–Crippen MR) is 107 cm³/mol. The van der Waals surface area contributed by atoms with Gasteiger partial charge in [-0.05, 0) is 24.3 Å². The van der Waals surface area contributed by atoms with Crippen molar-refractivity contribution < 1.29 is 5.11 Å². The molecule has 5 rings (SSSR count). The molecule has 0 aliphatic carbocycles. The number of nitrogens with two attached hydrogens (primary N) is 1. The molecule has 0 fully saturated rings. The van der Waals surface area contributed by atoms with Gasteiger partial charge in [-0.3, -0.25) is 0 Å². The summed E-state index contributed by atoms with van der Waals surface area (Å²) in [7, 11) is 0. The van der Waals surface area contributed by atoms with Gasteiger partial charge < -0.3 is 15.4 Å². The number of anilines is 1. The summed E-state index contributed by atoms with van der Waals surface area (Å²) in [5, 5.41) is 11.8. The van der Waals surface area contributed by atoms with E-state index in [9.17, 15) is 5.11 Å². The topological polar surface area (TPSA) is 89.8 Å². The second-order valence-corrected chi connectivity index (χ2v) is 6.85. The molecule has 4 heterocycles. The molecule has 3 N–H and O–H groups in total. The van der Waals surface area contributed by atoms with Crippen LogP contribution in [0.1, 0.15) is 17.8 Å². The van der Waals surface area contributed by atoms with Gasteiger partial charge in [0.25, 0.3) is 0 Å². The Labute approximate surface area is 161 Å². The van der Waals surface area contributed by atoms with Crippen LogP contribution in [-0.4, -0.2) is 24.6 Å². The van der Waals surface area contributed by atoms with E-state index >= 15 is 0 Å². The molecule has 0 radical (unpaired) electrons. The van der Waals surface area contributed by atoms with Crippen LogP contribution < -0.4 is 5.73 Å². The van der Waals surface area contributed by atoms with E-state index in [1.165, 1.54) is 0 Å². The average Bonchev–Trinajstić information content (AvgIpc) is 3.32. The lowest BCUT2D eigenvalue weighted by Crippen LogP contribution is -2.20. The maximum absolute atomic E-state index is 10.8. The van der Waals surface area contributed by atoms with Crippen molar-refractivity contribution in [2.75, 3.05) is 5.73 Å². The number of pyridine rings is 2. The molecule has 0 amide bonds. The maximum atomic E-state index is 10.8. The van der Waals surface area contributed by atoms with E-state index in [0.29, 0.717) is 23.6 Å². The molecule has 0 saturated carbocycles. The summed E-state index contributed by atoms with van der Waals surface area (Å²) >= 11 is 0. The zero-order chi connectivity index (χ0) is 19.1. The Bertz CT molecular complexity index is 1270. The minimum atomic E-state index is -1.21. The number of benzene rings is 1. The largest absolute Gasteiger partial charge is 0.382 e. The number of nitrogens with zero attached hydrogens (tertiary/aromatic N) is 4. The molecule has 0 unspecified atom stereocenters. The number of fused-ring (bicyclic) bond motifs is 2. The van der Waals surface area contributed by atoms with Gasteiger partial charge in [0.15, 0.2) is 11.4 Å². The van der Waals surface area contributed by atoms with Crippen LogP contribution in [0.15, 0.2) is 61.1 Å². The van der Waals surface area contributed by atoms with Crippen LogP contribution in [0.4, 0.5) is 5.82 Å². The fraction of sp³-hybridized carbons (Fsp3) is 0.136. The molecule has 1 aromatic carbocycles. The number of hydrogen-bond donors (Lipinski definition) is 2. The Morgan fingerprint density at radius 1 is 1.11 bits per heavy atom. The van der Waals surface area contributed by atoms with Crippen molar-refractivity contribution in [3.8, 4) is 23.1 Å². The first-order chi connectivity index (χ1) is 13.6. The lowest BCUT2D eigenvalue weighted by atomic mass is 10.0. The van der Waals surface area contributed by atoms with Gasteiger partial charge in [0.2, 0.25) is 0 Å². The third kappa shape index (κ3) is 2.70. The fourth-order valence-electron chi connectivity index (χ4n) is 3.53. The van der Waals surface area contributed by atoms with Crippen LogP contribution in [0, 0.1) is 11.8 Å². The van der Waals surface area contributed by atoms with E-state index in [2.05, 4.69) is 26.8 Å². The third-order valence-corrected chi connectivity index (χ3v) is 5.01. The first-order valence-corrected chi connectivity index (χ1v) is 9.01. The van der Waals surface area contributed by atoms with Crippen molar-refractivity contribution >= 4 is 16.7 Å². The van der Waals surface area contributed by atoms with Gasteiger partial charge in [0.05, 0.1) is 5.69 Å². The van der Waals surface area contributed by atoms with Crippen LogP contribution in [0.2, 0.25) is 0 Å². The monoisotopic (exact) mass is 367 g/mol. The minimum absolute atomic E-state index is 0.411. The normalized spacial score (nSPS) is 17.9. The average molecular weight is 367 g/mol. The highest BCUT2D eigenvalue weighted by atomic mass is 16.3. The van der Waals surface area contributed by atoms with Crippen molar-refractivity contribution in [1.82, 2.24) is 19.5 Å². The molecule has 1 atom stereocenters. The molecule has 136 valence electrons. The number of nitrogen functional groups attached to an aromatic ring is 1. The molecule has 6 heteroatoms. The van der Waals surface area contributed by atoms with Crippen LogP contribution in [0.3, 0.4) is 0 Å². The highest BCUT2D eigenvalue weighted by molar-refractivity contribution is 5.88. The zero-order valence-corrected chi connectivity index (χ0v) is 15.0. The molecular weight excluding hydrogens is 350 g/mol. The highest BCUT2D eigenvalue weighted by Gasteiger charge is 2.36. The third-order valence-electron chi connectivity index (χ3n) is 5.01. The lowest BCUT2D eigenvalue weighted by Gasteiger charge is -2.12. The molecule has 3 aromatic heterocycles. The Morgan fingerprint density at radius 2 is 2.04 bits per heavy atom. The van der Waals surface area contributed by atoms with E-state index in [-0.39, 0.29) is 0 Å². The molecule has 0 bridgehead atoms. The van der Waals surface area contributed by atoms with Gasteiger partial charge in [-0.2, -0.15) is 0 Å². The van der Waals surface area contributed by atoms with Crippen LogP contribution in [0.5, 0.6) is 0 Å². The molecule has 0 saturated heterocycles. The van der Waals surface area contributed by atoms with Crippen LogP contribution in [-0.2, 0) is 12.1 Å². The molecule has 28 heavy (non-hydrogen) atoms. The second kappa shape index (κ2) is 6.19. The Balaban J connectivity index is 1.51. The Morgan fingerprint density at radius 3 is 2.96 bits per heavy atom. The molecule has 1 aliphatic heterocycles. The number of aliphatic hydroxyl groups is 1. The number of rotatable bonds is 1. The Hall–Kier alpha value is -3.69. The van der Waals surface area contributed by atoms with Gasteiger partial charge in [-0.1, -0.05) is 30.0 Å². The summed E-state index contributed by atoms with van der Waals surface area (Å²) in [6.45, 7) is 0.719. The summed E-state index contributed by atoms with van der Waals surface area (Å²) in [4.78, 5) is 13.0. The number of hydrogen-bond acceptors (Lipinski definition) is 5. The first kappa shape index (κ1) is 16.5. The zero-order valence-electron chi connectivity index (χ0n) is 15.0.